The molecule has 0 aliphatic carbocycles. The molecule has 1 heterocycles. The van der Waals surface area contributed by atoms with Crippen molar-refractivity contribution in [1.82, 2.24) is 15.2 Å². The van der Waals surface area contributed by atoms with Crippen LogP contribution in [0.4, 0.5) is 0 Å². The molecule has 0 fully saturated rings. The van der Waals surface area contributed by atoms with Crippen molar-refractivity contribution < 1.29 is 13.9 Å². The maximum atomic E-state index is 12.0. The highest BCUT2D eigenvalue weighted by Gasteiger charge is 2.20. The molecule has 0 aliphatic heterocycles. The SMILES string of the molecule is CCNC(=O)c1coc(CN(Cc2cccc(OC)c2)C(C)c2ccccc2)n1. The minimum Gasteiger partial charge on any atom is -0.497 e. The van der Waals surface area contributed by atoms with Gasteiger partial charge >= 0.3 is 0 Å². The predicted molar refractivity (Wildman–Crippen MR) is 112 cm³/mol. The van der Waals surface area contributed by atoms with Crippen LogP contribution in [0.25, 0.3) is 0 Å². The summed E-state index contributed by atoms with van der Waals surface area (Å²) in [6, 6.07) is 18.4. The third kappa shape index (κ3) is 5.45. The molecule has 1 N–H and O–H groups in total. The van der Waals surface area contributed by atoms with Crippen molar-refractivity contribution in [2.24, 2.45) is 0 Å². The van der Waals surface area contributed by atoms with E-state index in [1.54, 1.807) is 7.11 Å². The number of carbonyl (C=O) groups is 1. The Labute approximate surface area is 171 Å². The van der Waals surface area contributed by atoms with Crippen molar-refractivity contribution >= 4 is 5.91 Å². The summed E-state index contributed by atoms with van der Waals surface area (Å²) in [7, 11) is 1.67. The van der Waals surface area contributed by atoms with Gasteiger partial charge in [-0.05, 0) is 37.1 Å². The summed E-state index contributed by atoms with van der Waals surface area (Å²) < 4.78 is 11.0. The van der Waals surface area contributed by atoms with E-state index in [9.17, 15) is 4.79 Å². The highest BCUT2D eigenvalue weighted by molar-refractivity contribution is 5.91. The molecule has 3 aromatic rings. The number of aromatic nitrogens is 1. The van der Waals surface area contributed by atoms with E-state index < -0.39 is 0 Å². The van der Waals surface area contributed by atoms with Crippen LogP contribution in [0, 0.1) is 0 Å². The largest absolute Gasteiger partial charge is 0.497 e. The molecule has 29 heavy (non-hydrogen) atoms. The highest BCUT2D eigenvalue weighted by atomic mass is 16.5. The number of oxazole rings is 1. The monoisotopic (exact) mass is 393 g/mol. The molecule has 0 aliphatic rings. The Hall–Kier alpha value is -3.12. The van der Waals surface area contributed by atoms with E-state index in [4.69, 9.17) is 9.15 Å². The van der Waals surface area contributed by atoms with Crippen LogP contribution in [0.3, 0.4) is 0 Å². The summed E-state index contributed by atoms with van der Waals surface area (Å²) in [5.41, 5.74) is 2.63. The highest BCUT2D eigenvalue weighted by Crippen LogP contribution is 2.25. The van der Waals surface area contributed by atoms with Gasteiger partial charge in [0, 0.05) is 19.1 Å². The lowest BCUT2D eigenvalue weighted by atomic mass is 10.1. The number of ether oxygens (including phenoxy) is 1. The molecule has 0 spiro atoms. The Morgan fingerprint density at radius 2 is 1.97 bits per heavy atom. The summed E-state index contributed by atoms with van der Waals surface area (Å²) in [4.78, 5) is 18.6. The van der Waals surface area contributed by atoms with Crippen LogP contribution in [0.5, 0.6) is 5.75 Å². The topological polar surface area (TPSA) is 67.6 Å². The molecule has 1 unspecified atom stereocenters. The number of methoxy groups -OCH3 is 1. The minimum absolute atomic E-state index is 0.127. The van der Waals surface area contributed by atoms with E-state index in [-0.39, 0.29) is 11.9 Å². The van der Waals surface area contributed by atoms with Gasteiger partial charge in [0.05, 0.1) is 13.7 Å². The van der Waals surface area contributed by atoms with Crippen LogP contribution in [0.1, 0.15) is 47.4 Å². The molecule has 152 valence electrons. The standard InChI is InChI=1S/C23H27N3O3/c1-4-24-23(27)21-16-29-22(25-21)15-26(17(2)19-10-6-5-7-11-19)14-18-9-8-12-20(13-18)28-3/h5-13,16-17H,4,14-15H2,1-3H3,(H,24,27). The Kier molecular flexibility index (Phi) is 7.03. The molecule has 3 rings (SSSR count). The van der Waals surface area contributed by atoms with Crippen molar-refractivity contribution in [2.45, 2.75) is 33.0 Å². The first-order valence-electron chi connectivity index (χ1n) is 9.75. The number of carbonyl (C=O) groups excluding carboxylic acids is 1. The van der Waals surface area contributed by atoms with Gasteiger partial charge in [-0.2, -0.15) is 0 Å². The van der Waals surface area contributed by atoms with Gasteiger partial charge in [0.25, 0.3) is 5.91 Å². The number of rotatable bonds is 9. The smallest absolute Gasteiger partial charge is 0.273 e. The van der Waals surface area contributed by atoms with Gasteiger partial charge in [0.15, 0.2) is 5.69 Å². The Balaban J connectivity index is 1.83. The van der Waals surface area contributed by atoms with Crippen molar-refractivity contribution in [3.05, 3.63) is 83.6 Å². The van der Waals surface area contributed by atoms with Crippen LogP contribution in [0.15, 0.2) is 65.3 Å². The first kappa shape index (κ1) is 20.6. The molecule has 1 amide bonds. The number of benzene rings is 2. The molecule has 2 aromatic carbocycles. The fourth-order valence-corrected chi connectivity index (χ4v) is 3.19. The van der Waals surface area contributed by atoms with Gasteiger partial charge < -0.3 is 14.5 Å². The summed E-state index contributed by atoms with van der Waals surface area (Å²) in [6.45, 7) is 5.74. The zero-order valence-electron chi connectivity index (χ0n) is 17.1. The molecule has 0 saturated heterocycles. The lowest BCUT2D eigenvalue weighted by Crippen LogP contribution is -2.27. The van der Waals surface area contributed by atoms with Gasteiger partial charge in [0.2, 0.25) is 5.89 Å². The zero-order valence-corrected chi connectivity index (χ0v) is 17.1. The second-order valence-electron chi connectivity index (χ2n) is 6.83. The molecule has 0 saturated carbocycles. The minimum atomic E-state index is -0.224. The fraction of sp³-hybridized carbons (Fsp3) is 0.304. The first-order chi connectivity index (χ1) is 14.1. The molecule has 6 nitrogen and oxygen atoms in total. The number of nitrogens with zero attached hydrogens (tertiary/aromatic N) is 2. The van der Waals surface area contributed by atoms with E-state index in [2.05, 4.69) is 40.3 Å². The van der Waals surface area contributed by atoms with Crippen LogP contribution >= 0.6 is 0 Å². The van der Waals surface area contributed by atoms with Gasteiger partial charge in [-0.15, -0.1) is 0 Å². The molecule has 1 aromatic heterocycles. The van der Waals surface area contributed by atoms with Crippen LogP contribution in [0.2, 0.25) is 0 Å². The van der Waals surface area contributed by atoms with Gasteiger partial charge in [-0.3, -0.25) is 9.69 Å². The van der Waals surface area contributed by atoms with E-state index >= 15 is 0 Å². The average molecular weight is 393 g/mol. The molecule has 6 heteroatoms. The second-order valence-corrected chi connectivity index (χ2v) is 6.83. The van der Waals surface area contributed by atoms with E-state index in [0.717, 1.165) is 11.3 Å². The average Bonchev–Trinajstić information content (AvgIpc) is 3.22. The zero-order chi connectivity index (χ0) is 20.6. The third-order valence-corrected chi connectivity index (χ3v) is 4.81. The van der Waals surface area contributed by atoms with Gasteiger partial charge in [0.1, 0.15) is 12.0 Å². The lowest BCUT2D eigenvalue weighted by Gasteiger charge is -2.28. The third-order valence-electron chi connectivity index (χ3n) is 4.81. The molecular formula is C23H27N3O3. The van der Waals surface area contributed by atoms with Crippen molar-refractivity contribution in [3.63, 3.8) is 0 Å². The number of hydrogen-bond acceptors (Lipinski definition) is 5. The van der Waals surface area contributed by atoms with Crippen molar-refractivity contribution in [1.29, 1.82) is 0 Å². The Morgan fingerprint density at radius 3 is 2.69 bits per heavy atom. The van der Waals surface area contributed by atoms with E-state index in [0.29, 0.717) is 31.2 Å². The van der Waals surface area contributed by atoms with E-state index in [1.807, 2.05) is 43.3 Å². The maximum Gasteiger partial charge on any atom is 0.273 e. The first-order valence-corrected chi connectivity index (χ1v) is 9.75. The molecule has 0 bridgehead atoms. The molecular weight excluding hydrogens is 366 g/mol. The van der Waals surface area contributed by atoms with E-state index in [1.165, 1.54) is 11.8 Å². The summed E-state index contributed by atoms with van der Waals surface area (Å²) >= 11 is 0. The number of amides is 1. The summed E-state index contributed by atoms with van der Waals surface area (Å²) in [6.07, 6.45) is 1.41. The maximum absolute atomic E-state index is 12.0. The molecule has 1 atom stereocenters. The van der Waals surface area contributed by atoms with Crippen molar-refractivity contribution in [3.8, 4) is 5.75 Å². The second kappa shape index (κ2) is 9.89. The van der Waals surface area contributed by atoms with Crippen LogP contribution in [-0.2, 0) is 13.1 Å². The van der Waals surface area contributed by atoms with Gasteiger partial charge in [-0.25, -0.2) is 4.98 Å². The number of hydrogen-bond donors (Lipinski definition) is 1. The predicted octanol–water partition coefficient (Wildman–Crippen LogP) is 4.20. The molecule has 0 radical (unpaired) electrons. The summed E-state index contributed by atoms with van der Waals surface area (Å²) in [5, 5.41) is 2.74. The van der Waals surface area contributed by atoms with Gasteiger partial charge in [-0.1, -0.05) is 42.5 Å². The Bertz CT molecular complexity index is 924. The van der Waals surface area contributed by atoms with Crippen LogP contribution in [-0.4, -0.2) is 29.4 Å². The quantitative estimate of drug-likeness (QED) is 0.590. The summed E-state index contributed by atoms with van der Waals surface area (Å²) in [5.74, 6) is 1.11. The fourth-order valence-electron chi connectivity index (χ4n) is 3.19. The van der Waals surface area contributed by atoms with Crippen molar-refractivity contribution in [2.75, 3.05) is 13.7 Å². The lowest BCUT2D eigenvalue weighted by molar-refractivity contribution is 0.0950. The normalized spacial score (nSPS) is 12.0. The number of nitrogens with one attached hydrogen (secondary N) is 1. The van der Waals surface area contributed by atoms with Crippen LogP contribution < -0.4 is 10.1 Å². The Morgan fingerprint density at radius 1 is 1.17 bits per heavy atom.